The number of nitrogens with zero attached hydrogens (tertiary/aromatic N) is 4. The first-order chi connectivity index (χ1) is 15.9. The third-order valence-corrected chi connectivity index (χ3v) is 6.11. The number of thiophene rings is 1. The van der Waals surface area contributed by atoms with Crippen LogP contribution in [0.2, 0.25) is 0 Å². The van der Waals surface area contributed by atoms with Gasteiger partial charge in [0.05, 0.1) is 11.9 Å². The monoisotopic (exact) mass is 499 g/mol. The van der Waals surface area contributed by atoms with Crippen molar-refractivity contribution in [1.29, 1.82) is 0 Å². The summed E-state index contributed by atoms with van der Waals surface area (Å²) in [7, 11) is 1.63. The molecule has 0 aliphatic carbocycles. The van der Waals surface area contributed by atoms with E-state index in [2.05, 4.69) is 20.5 Å². The molecule has 0 spiro atoms. The zero-order valence-electron chi connectivity index (χ0n) is 17.3. The summed E-state index contributed by atoms with van der Waals surface area (Å²) in [5, 5.41) is 11.6. The number of hydrogen-bond donors (Lipinski definition) is 3. The molecule has 9 nitrogen and oxygen atoms in total. The topological polar surface area (TPSA) is 132 Å². The molecule has 0 bridgehead atoms. The molecule has 0 saturated heterocycles. The van der Waals surface area contributed by atoms with E-state index in [4.69, 9.17) is 5.73 Å². The zero-order valence-corrected chi connectivity index (χ0v) is 18.1. The molecule has 2 amide bonds. The van der Waals surface area contributed by atoms with Crippen molar-refractivity contribution in [2.75, 3.05) is 5.32 Å². The highest BCUT2D eigenvalue weighted by Crippen LogP contribution is 2.43. The number of pyridine rings is 1. The maximum Gasteiger partial charge on any atom is 0.432 e. The molecule has 0 fully saturated rings. The predicted molar refractivity (Wildman–Crippen MR) is 112 cm³/mol. The highest BCUT2D eigenvalue weighted by Gasteiger charge is 2.34. The van der Waals surface area contributed by atoms with Gasteiger partial charge in [-0.3, -0.25) is 19.4 Å². The first-order valence-corrected chi connectivity index (χ1v) is 10.2. The molecule has 4 aromatic rings. The van der Waals surface area contributed by atoms with Crippen LogP contribution in [0.3, 0.4) is 0 Å². The van der Waals surface area contributed by atoms with E-state index >= 15 is 0 Å². The molecule has 4 rings (SSSR count). The molecule has 0 radical (unpaired) electrons. The van der Waals surface area contributed by atoms with E-state index < -0.39 is 41.5 Å². The first kappa shape index (κ1) is 23.3. The Hall–Kier alpha value is -3.88. The third-order valence-electron chi connectivity index (χ3n) is 5.01. The largest absolute Gasteiger partial charge is 0.432 e. The van der Waals surface area contributed by atoms with Crippen LogP contribution >= 0.6 is 11.3 Å². The van der Waals surface area contributed by atoms with Gasteiger partial charge in [-0.05, 0) is 18.6 Å². The summed E-state index contributed by atoms with van der Waals surface area (Å²) in [6.07, 6.45) is -6.29. The lowest BCUT2D eigenvalue weighted by atomic mass is 10.0. The Balaban J connectivity index is 1.92. The molecule has 34 heavy (non-hydrogen) atoms. The van der Waals surface area contributed by atoms with Crippen LogP contribution in [0, 0.1) is 6.92 Å². The van der Waals surface area contributed by atoms with Crippen LogP contribution in [-0.4, -0.2) is 36.8 Å². The molecule has 0 atom stereocenters. The Labute approximate surface area is 190 Å². The maximum absolute atomic E-state index is 13.5. The molecule has 0 aliphatic rings. The highest BCUT2D eigenvalue weighted by atomic mass is 32.1. The average Bonchev–Trinajstić information content (AvgIpc) is 3.46. The second kappa shape index (κ2) is 8.16. The number of fused-ring (bicyclic) bond motifs is 1. The number of halogens is 5. The number of nitrogens with two attached hydrogens (primary N) is 1. The van der Waals surface area contributed by atoms with Gasteiger partial charge in [0.15, 0.2) is 5.69 Å². The molecule has 0 aliphatic heterocycles. The van der Waals surface area contributed by atoms with Gasteiger partial charge in [-0.2, -0.15) is 23.4 Å². The Morgan fingerprint density at radius 2 is 1.94 bits per heavy atom. The summed E-state index contributed by atoms with van der Waals surface area (Å²) in [6, 6.07) is 1.59. The fourth-order valence-corrected chi connectivity index (χ4v) is 4.27. The summed E-state index contributed by atoms with van der Waals surface area (Å²) in [6.45, 7) is 1.68. The van der Waals surface area contributed by atoms with Crippen molar-refractivity contribution in [3.8, 4) is 11.1 Å². The molecule has 0 aromatic carbocycles. The lowest BCUT2D eigenvalue weighted by Crippen LogP contribution is -2.17. The number of nitrogens with one attached hydrogen (secondary N) is 2. The molecule has 4 N–H and O–H groups in total. The number of carbonyl (C=O) groups excluding carboxylic acids is 2. The number of carbonyl (C=O) groups is 2. The van der Waals surface area contributed by atoms with E-state index in [-0.39, 0.29) is 26.3 Å². The van der Waals surface area contributed by atoms with Crippen molar-refractivity contribution in [3.63, 3.8) is 0 Å². The number of primary amides is 1. The molecule has 4 aromatic heterocycles. The molecule has 178 valence electrons. The zero-order chi connectivity index (χ0) is 24.9. The number of H-pyrrole nitrogens is 1. The smallest absolute Gasteiger partial charge is 0.365 e. The summed E-state index contributed by atoms with van der Waals surface area (Å²) in [4.78, 5) is 28.4. The van der Waals surface area contributed by atoms with Gasteiger partial charge in [-0.15, -0.1) is 11.3 Å². The molecular weight excluding hydrogens is 485 g/mol. The lowest BCUT2D eigenvalue weighted by Gasteiger charge is -2.10. The fourth-order valence-electron chi connectivity index (χ4n) is 3.26. The Kier molecular flexibility index (Phi) is 5.59. The number of rotatable bonds is 5. The van der Waals surface area contributed by atoms with Crippen LogP contribution in [-0.2, 0) is 13.2 Å². The van der Waals surface area contributed by atoms with Gasteiger partial charge < -0.3 is 11.1 Å². The van der Waals surface area contributed by atoms with Crippen LogP contribution in [0.4, 0.5) is 27.6 Å². The quantitative estimate of drug-likeness (QED) is 0.357. The minimum absolute atomic E-state index is 0.0295. The number of alkyl halides is 5. The lowest BCUT2D eigenvalue weighted by molar-refractivity contribution is -0.141. The average molecular weight is 499 g/mol. The number of anilines is 1. The highest BCUT2D eigenvalue weighted by molar-refractivity contribution is 7.21. The number of amides is 2. The van der Waals surface area contributed by atoms with E-state index in [0.717, 1.165) is 6.07 Å². The second-order valence-corrected chi connectivity index (χ2v) is 8.13. The van der Waals surface area contributed by atoms with Crippen molar-refractivity contribution < 1.29 is 31.5 Å². The normalized spacial score (nSPS) is 12.0. The Morgan fingerprint density at radius 1 is 1.24 bits per heavy atom. The van der Waals surface area contributed by atoms with Crippen molar-refractivity contribution in [2.45, 2.75) is 19.5 Å². The summed E-state index contributed by atoms with van der Waals surface area (Å²) in [5.41, 5.74) is 3.99. The predicted octanol–water partition coefficient (Wildman–Crippen LogP) is 4.04. The van der Waals surface area contributed by atoms with Crippen LogP contribution in [0.1, 0.15) is 43.7 Å². The van der Waals surface area contributed by atoms with Gasteiger partial charge in [0.1, 0.15) is 21.1 Å². The van der Waals surface area contributed by atoms with Gasteiger partial charge in [-0.25, -0.2) is 13.8 Å². The number of aromatic nitrogens is 5. The van der Waals surface area contributed by atoms with Crippen molar-refractivity contribution >= 4 is 39.1 Å². The van der Waals surface area contributed by atoms with Crippen LogP contribution in [0.25, 0.3) is 21.3 Å². The summed E-state index contributed by atoms with van der Waals surface area (Å²) >= 11 is 0.663. The number of hydrogen-bond acceptors (Lipinski definition) is 6. The SMILES string of the molecule is Cc1c(-c2cc(C(F)F)nc3sc(C(N)=O)c(NC(=O)c4cc(C(F)(F)F)[nH]n4)c23)cnn1C. The minimum Gasteiger partial charge on any atom is -0.365 e. The van der Waals surface area contributed by atoms with Gasteiger partial charge in [0.25, 0.3) is 18.2 Å². The van der Waals surface area contributed by atoms with E-state index in [9.17, 15) is 31.5 Å². The van der Waals surface area contributed by atoms with Gasteiger partial charge >= 0.3 is 6.18 Å². The number of aromatic amines is 1. The van der Waals surface area contributed by atoms with Gasteiger partial charge in [0.2, 0.25) is 0 Å². The van der Waals surface area contributed by atoms with E-state index in [1.54, 1.807) is 19.1 Å². The third kappa shape index (κ3) is 3.98. The van der Waals surface area contributed by atoms with Crippen LogP contribution in [0.15, 0.2) is 18.3 Å². The molecular formula is C19H14F5N7O2S. The van der Waals surface area contributed by atoms with Crippen LogP contribution in [0.5, 0.6) is 0 Å². The van der Waals surface area contributed by atoms with E-state index in [0.29, 0.717) is 28.7 Å². The second-order valence-electron chi connectivity index (χ2n) is 7.13. The molecule has 0 unspecified atom stereocenters. The van der Waals surface area contributed by atoms with E-state index in [1.807, 2.05) is 0 Å². The molecule has 4 heterocycles. The molecule has 15 heteroatoms. The van der Waals surface area contributed by atoms with E-state index in [1.165, 1.54) is 10.9 Å². The van der Waals surface area contributed by atoms with Crippen molar-refractivity contribution in [1.82, 2.24) is 25.0 Å². The standard InChI is InChI=1S/C19H14F5N7O2S/c1-6-8(5-26-31(6)2)7-3-9(15(20)21)27-18-12(7)13(14(34-18)16(25)32)28-17(33)10-4-11(30-29-10)19(22,23)24/h3-5,15H,1-2H3,(H2,25,32)(H,28,33)(H,29,30). The van der Waals surface area contributed by atoms with Crippen molar-refractivity contribution in [2.24, 2.45) is 12.8 Å². The van der Waals surface area contributed by atoms with Crippen LogP contribution < -0.4 is 11.1 Å². The summed E-state index contributed by atoms with van der Waals surface area (Å²) < 4.78 is 67.2. The fraction of sp³-hybridized carbons (Fsp3) is 0.211. The Morgan fingerprint density at radius 3 is 2.47 bits per heavy atom. The Bertz CT molecular complexity index is 1440. The summed E-state index contributed by atoms with van der Waals surface area (Å²) in [5.74, 6) is -2.08. The minimum atomic E-state index is -4.76. The molecule has 0 saturated carbocycles. The van der Waals surface area contributed by atoms with Gasteiger partial charge in [-0.1, -0.05) is 0 Å². The maximum atomic E-state index is 13.5. The van der Waals surface area contributed by atoms with Gasteiger partial charge in [0, 0.05) is 29.8 Å². The van der Waals surface area contributed by atoms with Crippen molar-refractivity contribution in [3.05, 3.63) is 46.0 Å². The number of aryl methyl sites for hydroxylation is 1. The first-order valence-electron chi connectivity index (χ1n) is 9.36.